The van der Waals surface area contributed by atoms with E-state index in [0.29, 0.717) is 17.9 Å². The molecule has 1 aliphatic rings. The number of likely N-dealkylation sites (tertiary alicyclic amines) is 1. The number of hydrogen-bond donors (Lipinski definition) is 0. The molecule has 26 heavy (non-hydrogen) atoms. The Balaban J connectivity index is 2.51. The van der Waals surface area contributed by atoms with E-state index in [4.69, 9.17) is 9.47 Å². The summed E-state index contributed by atoms with van der Waals surface area (Å²) in [6.45, 7) is 5.77. The van der Waals surface area contributed by atoms with E-state index >= 15 is 0 Å². The maximum atomic E-state index is 12.7. The van der Waals surface area contributed by atoms with Gasteiger partial charge in [-0.15, -0.1) is 0 Å². The van der Waals surface area contributed by atoms with Gasteiger partial charge >= 0.3 is 11.9 Å². The highest BCUT2D eigenvalue weighted by Gasteiger charge is 2.38. The summed E-state index contributed by atoms with van der Waals surface area (Å²) >= 11 is 0. The molecule has 0 aromatic carbocycles. The Morgan fingerprint density at radius 1 is 1.31 bits per heavy atom. The van der Waals surface area contributed by atoms with Crippen LogP contribution in [-0.2, 0) is 14.3 Å². The lowest BCUT2D eigenvalue weighted by Crippen LogP contribution is -2.29. The largest absolute Gasteiger partial charge is 0.465 e. The topological polar surface area (TPSA) is 72.0 Å². The van der Waals surface area contributed by atoms with Crippen LogP contribution in [0.1, 0.15) is 42.2 Å². The molecule has 1 aromatic rings. The number of hydrogen-bond acceptors (Lipinski definition) is 7. The third-order valence-corrected chi connectivity index (χ3v) is 4.65. The second kappa shape index (κ2) is 8.98. The first-order valence-electron chi connectivity index (χ1n) is 9.08. The van der Waals surface area contributed by atoms with Crippen molar-refractivity contribution in [3.8, 4) is 0 Å². The third-order valence-electron chi connectivity index (χ3n) is 4.65. The zero-order valence-corrected chi connectivity index (χ0v) is 16.3. The fourth-order valence-electron chi connectivity index (χ4n) is 3.33. The third kappa shape index (κ3) is 4.52. The van der Waals surface area contributed by atoms with Crippen LogP contribution < -0.4 is 4.90 Å². The minimum absolute atomic E-state index is 0.0601. The molecule has 0 saturated carbocycles. The van der Waals surface area contributed by atoms with Crippen LogP contribution in [-0.4, -0.2) is 69.3 Å². The van der Waals surface area contributed by atoms with E-state index in [1.54, 1.807) is 26.1 Å². The molecular formula is C19H29N3O4. The van der Waals surface area contributed by atoms with Gasteiger partial charge in [-0.2, -0.15) is 0 Å². The molecule has 0 N–H and O–H groups in total. The maximum absolute atomic E-state index is 12.7. The molecule has 7 nitrogen and oxygen atoms in total. The predicted molar refractivity (Wildman–Crippen MR) is 99.5 cm³/mol. The number of anilines is 1. The molecule has 2 atom stereocenters. The van der Waals surface area contributed by atoms with Crippen LogP contribution in [0.2, 0.25) is 0 Å². The van der Waals surface area contributed by atoms with Crippen molar-refractivity contribution in [3.63, 3.8) is 0 Å². The first-order valence-corrected chi connectivity index (χ1v) is 9.08. The maximum Gasteiger partial charge on any atom is 0.340 e. The number of ether oxygens (including phenoxy) is 2. The highest BCUT2D eigenvalue weighted by atomic mass is 16.5. The SMILES string of the molecule is CCOC(=O)c1cc(N(C)C)cnc1C(C(=O)OCC)C1CCN(C)C1. The van der Waals surface area contributed by atoms with Gasteiger partial charge in [0.15, 0.2) is 0 Å². The normalized spacial score (nSPS) is 18.4. The standard InChI is InChI=1S/C19H29N3O4/c1-6-25-18(23)15-10-14(21(3)4)11-20-17(15)16(19(24)26-7-2)13-8-9-22(5)12-13/h10-11,13,16H,6-9,12H2,1-5H3. The van der Waals surface area contributed by atoms with Gasteiger partial charge in [0.2, 0.25) is 0 Å². The van der Waals surface area contributed by atoms with Crippen molar-refractivity contribution < 1.29 is 19.1 Å². The van der Waals surface area contributed by atoms with Gasteiger partial charge in [0, 0.05) is 20.6 Å². The number of aromatic nitrogens is 1. The van der Waals surface area contributed by atoms with Gasteiger partial charge in [-0.1, -0.05) is 0 Å². The summed E-state index contributed by atoms with van der Waals surface area (Å²) in [5.41, 5.74) is 1.57. The molecule has 1 fully saturated rings. The van der Waals surface area contributed by atoms with Gasteiger partial charge in [0.05, 0.1) is 36.4 Å². The molecule has 144 valence electrons. The van der Waals surface area contributed by atoms with Gasteiger partial charge in [-0.3, -0.25) is 9.78 Å². The summed E-state index contributed by atoms with van der Waals surface area (Å²) in [7, 11) is 5.78. The zero-order valence-electron chi connectivity index (χ0n) is 16.3. The number of nitrogens with zero attached hydrogens (tertiary/aromatic N) is 3. The molecule has 0 radical (unpaired) electrons. The van der Waals surface area contributed by atoms with Crippen molar-refractivity contribution >= 4 is 17.6 Å². The summed E-state index contributed by atoms with van der Waals surface area (Å²) in [5.74, 6) is -1.30. The van der Waals surface area contributed by atoms with Crippen LogP contribution in [0.25, 0.3) is 0 Å². The second-order valence-electron chi connectivity index (χ2n) is 6.78. The van der Waals surface area contributed by atoms with Crippen LogP contribution in [0.5, 0.6) is 0 Å². The second-order valence-corrected chi connectivity index (χ2v) is 6.78. The summed E-state index contributed by atoms with van der Waals surface area (Å²) in [4.78, 5) is 33.9. The van der Waals surface area contributed by atoms with E-state index in [1.807, 2.05) is 26.0 Å². The summed E-state index contributed by atoms with van der Waals surface area (Å²) in [6.07, 6.45) is 2.54. The summed E-state index contributed by atoms with van der Waals surface area (Å²) in [5, 5.41) is 0. The molecule has 0 aliphatic carbocycles. The molecule has 1 saturated heterocycles. The monoisotopic (exact) mass is 363 g/mol. The van der Waals surface area contributed by atoms with E-state index in [-0.39, 0.29) is 18.5 Å². The van der Waals surface area contributed by atoms with Crippen molar-refractivity contribution in [2.45, 2.75) is 26.2 Å². The van der Waals surface area contributed by atoms with E-state index in [0.717, 1.165) is 25.2 Å². The van der Waals surface area contributed by atoms with E-state index in [9.17, 15) is 9.59 Å². The molecule has 2 heterocycles. The summed E-state index contributed by atoms with van der Waals surface area (Å²) < 4.78 is 10.5. The van der Waals surface area contributed by atoms with Gasteiger partial charge < -0.3 is 19.3 Å². The van der Waals surface area contributed by atoms with Crippen molar-refractivity contribution in [2.24, 2.45) is 5.92 Å². The van der Waals surface area contributed by atoms with Gasteiger partial charge in [-0.05, 0) is 45.8 Å². The molecule has 0 amide bonds. The Labute approximate surface area is 155 Å². The molecule has 7 heteroatoms. The smallest absolute Gasteiger partial charge is 0.340 e. The molecule has 2 rings (SSSR count). The van der Waals surface area contributed by atoms with Crippen molar-refractivity contribution in [2.75, 3.05) is 52.3 Å². The molecule has 0 bridgehead atoms. The summed E-state index contributed by atoms with van der Waals surface area (Å²) in [6, 6.07) is 1.74. The highest BCUT2D eigenvalue weighted by molar-refractivity contribution is 5.94. The first-order chi connectivity index (χ1) is 12.4. The Morgan fingerprint density at radius 3 is 2.54 bits per heavy atom. The predicted octanol–water partition coefficient (Wildman–Crippen LogP) is 1.92. The van der Waals surface area contributed by atoms with Crippen LogP contribution >= 0.6 is 0 Å². The van der Waals surface area contributed by atoms with E-state index in [1.165, 1.54) is 0 Å². The van der Waals surface area contributed by atoms with Crippen LogP contribution in [0, 0.1) is 5.92 Å². The van der Waals surface area contributed by atoms with Gasteiger partial charge in [-0.25, -0.2) is 4.79 Å². The number of carbonyl (C=O) groups is 2. The Kier molecular flexibility index (Phi) is 6.97. The highest BCUT2D eigenvalue weighted by Crippen LogP contribution is 2.34. The van der Waals surface area contributed by atoms with Crippen molar-refractivity contribution in [1.29, 1.82) is 0 Å². The molecule has 2 unspecified atom stereocenters. The van der Waals surface area contributed by atoms with Crippen molar-refractivity contribution in [3.05, 3.63) is 23.5 Å². The lowest BCUT2D eigenvalue weighted by molar-refractivity contribution is -0.146. The average molecular weight is 363 g/mol. The van der Waals surface area contributed by atoms with Crippen molar-refractivity contribution in [1.82, 2.24) is 9.88 Å². The number of pyridine rings is 1. The van der Waals surface area contributed by atoms with Crippen LogP contribution in [0.15, 0.2) is 12.3 Å². The van der Waals surface area contributed by atoms with Crippen LogP contribution in [0.3, 0.4) is 0 Å². The zero-order chi connectivity index (χ0) is 19.3. The number of carbonyl (C=O) groups excluding carboxylic acids is 2. The fourth-order valence-corrected chi connectivity index (χ4v) is 3.33. The Hall–Kier alpha value is -2.15. The molecule has 1 aromatic heterocycles. The Bertz CT molecular complexity index is 648. The quantitative estimate of drug-likeness (QED) is 0.685. The fraction of sp³-hybridized carbons (Fsp3) is 0.632. The lowest BCUT2D eigenvalue weighted by atomic mass is 9.86. The minimum atomic E-state index is -0.574. The molecular weight excluding hydrogens is 334 g/mol. The molecule has 0 spiro atoms. The first kappa shape index (κ1) is 20.2. The average Bonchev–Trinajstić information content (AvgIpc) is 3.01. The van der Waals surface area contributed by atoms with Gasteiger partial charge in [0.25, 0.3) is 0 Å². The van der Waals surface area contributed by atoms with Crippen LogP contribution in [0.4, 0.5) is 5.69 Å². The number of esters is 2. The molecule has 1 aliphatic heterocycles. The number of rotatable bonds is 7. The lowest BCUT2D eigenvalue weighted by Gasteiger charge is -2.24. The van der Waals surface area contributed by atoms with E-state index in [2.05, 4.69) is 9.88 Å². The Morgan fingerprint density at radius 2 is 2.00 bits per heavy atom. The van der Waals surface area contributed by atoms with E-state index < -0.39 is 11.9 Å². The van der Waals surface area contributed by atoms with Gasteiger partial charge in [0.1, 0.15) is 5.92 Å². The minimum Gasteiger partial charge on any atom is -0.465 e.